The van der Waals surface area contributed by atoms with Crippen LogP contribution in [0.5, 0.6) is 0 Å². The highest BCUT2D eigenvalue weighted by atomic mass is 79.9. The first-order chi connectivity index (χ1) is 10.5. The number of carbonyl (C=O) groups excluding carboxylic acids is 2. The smallest absolute Gasteiger partial charge is 0.187 e. The van der Waals surface area contributed by atoms with Crippen LogP contribution in [0.1, 0.15) is 19.4 Å². The normalized spacial score (nSPS) is 21.1. The molecule has 1 atom stereocenters. The van der Waals surface area contributed by atoms with E-state index in [-0.39, 0.29) is 11.6 Å². The molecule has 0 fully saturated rings. The van der Waals surface area contributed by atoms with Gasteiger partial charge in [0.1, 0.15) is 6.04 Å². The van der Waals surface area contributed by atoms with Gasteiger partial charge in [-0.2, -0.15) is 0 Å². The summed E-state index contributed by atoms with van der Waals surface area (Å²) in [5.41, 5.74) is 3.70. The zero-order chi connectivity index (χ0) is 15.9. The van der Waals surface area contributed by atoms with Gasteiger partial charge in [0.25, 0.3) is 0 Å². The summed E-state index contributed by atoms with van der Waals surface area (Å²) < 4.78 is 0.993. The van der Waals surface area contributed by atoms with Crippen molar-refractivity contribution in [3.63, 3.8) is 0 Å². The minimum Gasteiger partial charge on any atom is -0.377 e. The highest BCUT2D eigenvalue weighted by Gasteiger charge is 2.37. The molecular formula is C18H16BrNO2. The zero-order valence-electron chi connectivity index (χ0n) is 12.4. The van der Waals surface area contributed by atoms with E-state index in [0.717, 1.165) is 15.6 Å². The van der Waals surface area contributed by atoms with Crippen molar-refractivity contribution in [2.45, 2.75) is 26.3 Å². The second-order valence-corrected chi connectivity index (χ2v) is 6.60. The highest BCUT2D eigenvalue weighted by molar-refractivity contribution is 9.10. The number of dihydropyridines is 1. The summed E-state index contributed by atoms with van der Waals surface area (Å²) in [6, 6.07) is 7.27. The number of Topliss-reactive ketones (excluding diaryl/α,β-unsaturated/α-hetero) is 2. The molecule has 0 bridgehead atoms. The minimum atomic E-state index is -0.537. The van der Waals surface area contributed by atoms with Gasteiger partial charge in [0, 0.05) is 33.8 Å². The Morgan fingerprint density at radius 2 is 1.82 bits per heavy atom. The van der Waals surface area contributed by atoms with E-state index in [0.29, 0.717) is 23.1 Å². The van der Waals surface area contributed by atoms with Crippen LogP contribution in [0.3, 0.4) is 0 Å². The molecule has 22 heavy (non-hydrogen) atoms. The lowest BCUT2D eigenvalue weighted by molar-refractivity contribution is -0.121. The number of rotatable bonds is 2. The average Bonchev–Trinajstić information content (AvgIpc) is 2.51. The zero-order valence-corrected chi connectivity index (χ0v) is 14.0. The Morgan fingerprint density at radius 1 is 1.14 bits per heavy atom. The number of nitrogens with one attached hydrogen (secondary N) is 1. The molecular weight excluding hydrogens is 342 g/mol. The number of benzene rings is 1. The number of allylic oxidation sites excluding steroid dienone is 3. The van der Waals surface area contributed by atoms with Crippen molar-refractivity contribution in [3.05, 3.63) is 68.9 Å². The predicted molar refractivity (Wildman–Crippen MR) is 89.3 cm³/mol. The second kappa shape index (κ2) is 5.69. The van der Waals surface area contributed by atoms with Crippen molar-refractivity contribution in [3.8, 4) is 0 Å². The molecule has 3 rings (SSSR count). The van der Waals surface area contributed by atoms with Crippen LogP contribution >= 0.6 is 15.9 Å². The molecule has 112 valence electrons. The number of ketones is 2. The first-order valence-electron chi connectivity index (χ1n) is 7.15. The maximum Gasteiger partial charge on any atom is 0.187 e. The molecule has 0 saturated heterocycles. The van der Waals surface area contributed by atoms with Crippen molar-refractivity contribution < 1.29 is 9.59 Å². The molecule has 1 aromatic rings. The van der Waals surface area contributed by atoms with Crippen LogP contribution in [-0.4, -0.2) is 17.6 Å². The maximum absolute atomic E-state index is 12.7. The van der Waals surface area contributed by atoms with E-state index in [4.69, 9.17) is 0 Å². The summed E-state index contributed by atoms with van der Waals surface area (Å²) in [4.78, 5) is 25.3. The summed E-state index contributed by atoms with van der Waals surface area (Å²) in [5, 5.41) is 3.05. The summed E-state index contributed by atoms with van der Waals surface area (Å²) >= 11 is 3.40. The van der Waals surface area contributed by atoms with Gasteiger partial charge in [0.15, 0.2) is 11.6 Å². The SMILES string of the molecule is CC1=CNC2C(=O)C(Cc3ccc(Br)cc3)=C(C)C(=O)C2=C1. The third-order valence-electron chi connectivity index (χ3n) is 4.08. The molecule has 1 aliphatic heterocycles. The van der Waals surface area contributed by atoms with E-state index in [9.17, 15) is 9.59 Å². The van der Waals surface area contributed by atoms with Gasteiger partial charge in [-0.25, -0.2) is 0 Å². The van der Waals surface area contributed by atoms with Crippen molar-refractivity contribution in [2.75, 3.05) is 0 Å². The van der Waals surface area contributed by atoms with Crippen LogP contribution in [-0.2, 0) is 16.0 Å². The fourth-order valence-electron chi connectivity index (χ4n) is 2.83. The Labute approximate surface area is 137 Å². The fourth-order valence-corrected chi connectivity index (χ4v) is 3.09. The lowest BCUT2D eigenvalue weighted by Crippen LogP contribution is -2.45. The quantitative estimate of drug-likeness (QED) is 0.883. The van der Waals surface area contributed by atoms with E-state index in [1.165, 1.54) is 0 Å². The summed E-state index contributed by atoms with van der Waals surface area (Å²) in [6.45, 7) is 3.66. The molecule has 1 unspecified atom stereocenters. The van der Waals surface area contributed by atoms with Gasteiger partial charge in [0.05, 0.1) is 0 Å². The number of fused-ring (bicyclic) bond motifs is 1. The molecule has 3 nitrogen and oxygen atoms in total. The van der Waals surface area contributed by atoms with Gasteiger partial charge < -0.3 is 5.32 Å². The predicted octanol–water partition coefficient (Wildman–Crippen LogP) is 3.26. The Bertz CT molecular complexity index is 754. The number of hydrogen-bond acceptors (Lipinski definition) is 3. The van der Waals surface area contributed by atoms with Crippen LogP contribution in [0.25, 0.3) is 0 Å². The Hall–Kier alpha value is -1.94. The molecule has 4 heteroatoms. The van der Waals surface area contributed by atoms with E-state index < -0.39 is 6.04 Å². The van der Waals surface area contributed by atoms with Crippen molar-refractivity contribution in [1.29, 1.82) is 0 Å². The lowest BCUT2D eigenvalue weighted by Gasteiger charge is -2.29. The van der Waals surface area contributed by atoms with E-state index in [1.54, 1.807) is 19.2 Å². The van der Waals surface area contributed by atoms with E-state index >= 15 is 0 Å². The van der Waals surface area contributed by atoms with Crippen LogP contribution in [0.2, 0.25) is 0 Å². The lowest BCUT2D eigenvalue weighted by atomic mass is 9.79. The number of hydrogen-bond donors (Lipinski definition) is 1. The van der Waals surface area contributed by atoms with Gasteiger partial charge in [-0.1, -0.05) is 28.1 Å². The Kier molecular flexibility index (Phi) is 3.87. The summed E-state index contributed by atoms with van der Waals surface area (Å²) in [5.74, 6) is -0.0355. The van der Waals surface area contributed by atoms with Crippen molar-refractivity contribution in [2.24, 2.45) is 0 Å². The summed E-state index contributed by atoms with van der Waals surface area (Å²) in [6.07, 6.45) is 4.08. The van der Waals surface area contributed by atoms with Crippen LogP contribution in [0.15, 0.2) is 63.3 Å². The monoisotopic (exact) mass is 357 g/mol. The van der Waals surface area contributed by atoms with Crippen molar-refractivity contribution in [1.82, 2.24) is 5.32 Å². The first-order valence-corrected chi connectivity index (χ1v) is 7.94. The Balaban J connectivity index is 1.97. The highest BCUT2D eigenvalue weighted by Crippen LogP contribution is 2.29. The molecule has 2 aliphatic rings. The van der Waals surface area contributed by atoms with Gasteiger partial charge in [0.2, 0.25) is 0 Å². The summed E-state index contributed by atoms with van der Waals surface area (Å²) in [7, 11) is 0. The van der Waals surface area contributed by atoms with Gasteiger partial charge in [-0.15, -0.1) is 0 Å². The van der Waals surface area contributed by atoms with E-state index in [2.05, 4.69) is 21.2 Å². The van der Waals surface area contributed by atoms with Crippen molar-refractivity contribution >= 4 is 27.5 Å². The fraction of sp³-hybridized carbons (Fsp3) is 0.222. The molecule has 1 aromatic carbocycles. The van der Waals surface area contributed by atoms with Crippen LogP contribution in [0, 0.1) is 0 Å². The largest absolute Gasteiger partial charge is 0.377 e. The minimum absolute atomic E-state index is 0.00461. The average molecular weight is 358 g/mol. The molecule has 0 spiro atoms. The molecule has 1 heterocycles. The number of carbonyl (C=O) groups is 2. The molecule has 0 amide bonds. The van der Waals surface area contributed by atoms with E-state index in [1.807, 2.05) is 31.2 Å². The topological polar surface area (TPSA) is 46.2 Å². The number of halogens is 1. The van der Waals surface area contributed by atoms with Gasteiger partial charge >= 0.3 is 0 Å². The molecule has 0 radical (unpaired) electrons. The molecule has 1 aliphatic carbocycles. The third-order valence-corrected chi connectivity index (χ3v) is 4.61. The van der Waals surface area contributed by atoms with Gasteiger partial charge in [-0.05, 0) is 43.2 Å². The molecule has 1 N–H and O–H groups in total. The van der Waals surface area contributed by atoms with Crippen LogP contribution in [0.4, 0.5) is 0 Å². The van der Waals surface area contributed by atoms with Gasteiger partial charge in [-0.3, -0.25) is 9.59 Å². The Morgan fingerprint density at radius 3 is 2.50 bits per heavy atom. The van der Waals surface area contributed by atoms with Crippen LogP contribution < -0.4 is 5.32 Å². The molecule has 0 aromatic heterocycles. The first kappa shape index (κ1) is 15.0. The maximum atomic E-state index is 12.7. The standard InChI is InChI=1S/C18H16BrNO2/c1-10-7-15-16(20-9-10)18(22)14(11(2)17(15)21)8-12-3-5-13(19)6-4-12/h3-7,9,16,20H,8H2,1-2H3. The second-order valence-electron chi connectivity index (χ2n) is 5.69. The third kappa shape index (κ3) is 2.59. The molecule has 0 saturated carbocycles.